The number of hydrogen-bond donors (Lipinski definition) is 1. The van der Waals surface area contributed by atoms with Crippen LogP contribution in [0.5, 0.6) is 17.2 Å². The highest BCUT2D eigenvalue weighted by Crippen LogP contribution is 2.44. The number of carbonyl (C=O) groups is 1. The fourth-order valence-corrected chi connectivity index (χ4v) is 4.67. The summed E-state index contributed by atoms with van der Waals surface area (Å²) in [5.41, 5.74) is 10.1. The smallest absolute Gasteiger partial charge is 0.379 e. The molecule has 8 heteroatoms. The lowest BCUT2D eigenvalue weighted by molar-refractivity contribution is 0.0702. The first kappa shape index (κ1) is 25.2. The summed E-state index contributed by atoms with van der Waals surface area (Å²) < 4.78 is 22.9. The van der Waals surface area contributed by atoms with Gasteiger partial charge in [0.05, 0.1) is 12.5 Å². The highest BCUT2D eigenvalue weighted by Gasteiger charge is 2.31. The summed E-state index contributed by atoms with van der Waals surface area (Å²) in [6, 6.07) is 18.3. The van der Waals surface area contributed by atoms with Crippen LogP contribution in [-0.4, -0.2) is 12.6 Å². The van der Waals surface area contributed by atoms with Crippen molar-refractivity contribution in [1.82, 2.24) is 0 Å². The molecule has 0 saturated carbocycles. The monoisotopic (exact) mass is 528 g/mol. The molecule has 0 saturated heterocycles. The zero-order chi connectivity index (χ0) is 27.0. The van der Waals surface area contributed by atoms with Crippen LogP contribution in [0, 0.1) is 25.2 Å². The molecule has 192 valence electrons. The zero-order valence-electron chi connectivity index (χ0n) is 21.1. The second-order valence-corrected chi connectivity index (χ2v) is 9.49. The number of nitriles is 1. The molecular formula is C30H25ClN2O5. The van der Waals surface area contributed by atoms with Crippen molar-refractivity contribution < 1.29 is 23.4 Å². The Morgan fingerprint density at radius 3 is 2.55 bits per heavy atom. The van der Waals surface area contributed by atoms with Crippen LogP contribution >= 0.6 is 11.6 Å². The van der Waals surface area contributed by atoms with E-state index in [1.165, 1.54) is 0 Å². The van der Waals surface area contributed by atoms with Gasteiger partial charge in [0, 0.05) is 27.6 Å². The summed E-state index contributed by atoms with van der Waals surface area (Å²) >= 11 is 6.25. The minimum atomic E-state index is -0.649. The average Bonchev–Trinajstić information content (AvgIpc) is 3.22. The molecule has 1 aromatic heterocycles. The van der Waals surface area contributed by atoms with Gasteiger partial charge in [-0.05, 0) is 61.7 Å². The summed E-state index contributed by atoms with van der Waals surface area (Å²) in [5.74, 6) is 0.391. The molecule has 1 atom stereocenters. The summed E-state index contributed by atoms with van der Waals surface area (Å²) in [6.07, 6.45) is 0.907. The van der Waals surface area contributed by atoms with Crippen molar-refractivity contribution in [2.24, 2.45) is 5.73 Å². The molecule has 1 aliphatic heterocycles. The number of ether oxygens (including phenoxy) is 3. The first-order valence-electron chi connectivity index (χ1n) is 12.2. The standard InChI is InChI=1S/C30H25ClN2O5/c1-4-11-35-19-7-5-18(6-8-19)27-21-10-9-20(13-26(21)38-29(33)23(27)15-32)36-30(34)28-17(3)22-14-24(31)16(2)12-25(22)37-28/h5-10,12-14,27H,4,11,33H2,1-3H3. The van der Waals surface area contributed by atoms with E-state index in [4.69, 9.17) is 36.0 Å². The SMILES string of the molecule is CCCOc1ccc(C2C(C#N)=C(N)Oc3cc(OC(=O)c4oc5cc(C)c(Cl)cc5c4C)ccc32)cc1. The number of nitrogens with two attached hydrogens (primary N) is 1. The van der Waals surface area contributed by atoms with E-state index in [2.05, 4.69) is 6.07 Å². The van der Waals surface area contributed by atoms with E-state index in [0.29, 0.717) is 34.1 Å². The number of fused-ring (bicyclic) bond motifs is 2. The molecule has 0 amide bonds. The van der Waals surface area contributed by atoms with Gasteiger partial charge >= 0.3 is 5.97 Å². The third-order valence-corrected chi connectivity index (χ3v) is 6.90. The van der Waals surface area contributed by atoms with Gasteiger partial charge in [0.1, 0.15) is 34.5 Å². The first-order valence-corrected chi connectivity index (χ1v) is 12.5. The zero-order valence-corrected chi connectivity index (χ0v) is 21.9. The Bertz CT molecular complexity index is 1630. The van der Waals surface area contributed by atoms with Gasteiger partial charge in [-0.1, -0.05) is 36.7 Å². The number of halogens is 1. The third kappa shape index (κ3) is 4.55. The molecule has 0 spiro atoms. The van der Waals surface area contributed by atoms with E-state index in [1.54, 1.807) is 37.3 Å². The molecule has 38 heavy (non-hydrogen) atoms. The summed E-state index contributed by atoms with van der Waals surface area (Å²) in [7, 11) is 0. The van der Waals surface area contributed by atoms with Crippen LogP contribution in [0.1, 0.15) is 52.1 Å². The van der Waals surface area contributed by atoms with Gasteiger partial charge in [-0.2, -0.15) is 5.26 Å². The maximum absolute atomic E-state index is 13.0. The van der Waals surface area contributed by atoms with Crippen LogP contribution in [0.4, 0.5) is 0 Å². The van der Waals surface area contributed by atoms with Crippen LogP contribution in [0.3, 0.4) is 0 Å². The van der Waals surface area contributed by atoms with E-state index in [9.17, 15) is 10.1 Å². The van der Waals surface area contributed by atoms with Crippen molar-refractivity contribution in [2.75, 3.05) is 6.61 Å². The van der Waals surface area contributed by atoms with Crippen LogP contribution in [0.15, 0.2) is 70.5 Å². The second-order valence-electron chi connectivity index (χ2n) is 9.09. The predicted molar refractivity (Wildman–Crippen MR) is 144 cm³/mol. The third-order valence-electron chi connectivity index (χ3n) is 6.49. The lowest BCUT2D eigenvalue weighted by atomic mass is 9.83. The molecule has 0 aliphatic carbocycles. The van der Waals surface area contributed by atoms with Crippen LogP contribution in [-0.2, 0) is 0 Å². The molecule has 2 N–H and O–H groups in total. The summed E-state index contributed by atoms with van der Waals surface area (Å²) in [4.78, 5) is 13.0. The van der Waals surface area contributed by atoms with Crippen molar-refractivity contribution in [2.45, 2.75) is 33.1 Å². The number of allylic oxidation sites excluding steroid dienone is 1. The normalized spacial score (nSPS) is 14.6. The number of hydrogen-bond acceptors (Lipinski definition) is 7. The maximum Gasteiger partial charge on any atom is 0.379 e. The van der Waals surface area contributed by atoms with Gasteiger partial charge in [0.25, 0.3) is 0 Å². The Morgan fingerprint density at radius 1 is 1.11 bits per heavy atom. The number of aryl methyl sites for hydroxylation is 2. The molecule has 2 heterocycles. The minimum absolute atomic E-state index is 0.000151. The molecular weight excluding hydrogens is 504 g/mol. The maximum atomic E-state index is 13.0. The molecule has 7 nitrogen and oxygen atoms in total. The highest BCUT2D eigenvalue weighted by atomic mass is 35.5. The predicted octanol–water partition coefficient (Wildman–Crippen LogP) is 6.93. The lowest BCUT2D eigenvalue weighted by Gasteiger charge is -2.26. The van der Waals surface area contributed by atoms with Gasteiger partial charge in [0.15, 0.2) is 0 Å². The molecule has 1 unspecified atom stereocenters. The van der Waals surface area contributed by atoms with Crippen molar-refractivity contribution in [1.29, 1.82) is 5.26 Å². The van der Waals surface area contributed by atoms with E-state index in [0.717, 1.165) is 34.2 Å². The molecule has 3 aromatic carbocycles. The molecule has 0 bridgehead atoms. The van der Waals surface area contributed by atoms with Gasteiger partial charge < -0.3 is 24.4 Å². The van der Waals surface area contributed by atoms with Crippen molar-refractivity contribution >= 4 is 28.5 Å². The fourth-order valence-electron chi connectivity index (χ4n) is 4.51. The highest BCUT2D eigenvalue weighted by molar-refractivity contribution is 6.32. The van der Waals surface area contributed by atoms with Crippen LogP contribution in [0.25, 0.3) is 11.0 Å². The Labute approximate surface area is 225 Å². The topological polar surface area (TPSA) is 108 Å². The molecule has 1 aliphatic rings. The molecule has 0 radical (unpaired) electrons. The number of carbonyl (C=O) groups excluding carboxylic acids is 1. The summed E-state index contributed by atoms with van der Waals surface area (Å²) in [5, 5.41) is 11.2. The molecule has 4 aromatic rings. The molecule has 0 fully saturated rings. The van der Waals surface area contributed by atoms with Crippen molar-refractivity contribution in [3.63, 3.8) is 0 Å². The largest absolute Gasteiger partial charge is 0.494 e. The van der Waals surface area contributed by atoms with Gasteiger partial charge in [-0.25, -0.2) is 4.79 Å². The molecule has 5 rings (SSSR count). The van der Waals surface area contributed by atoms with Crippen LogP contribution < -0.4 is 19.9 Å². The van der Waals surface area contributed by atoms with Gasteiger partial charge in [-0.15, -0.1) is 0 Å². The van der Waals surface area contributed by atoms with Crippen molar-refractivity contribution in [3.05, 3.63) is 99.1 Å². The Balaban J connectivity index is 1.45. The minimum Gasteiger partial charge on any atom is -0.494 e. The summed E-state index contributed by atoms with van der Waals surface area (Å²) in [6.45, 7) is 6.31. The van der Waals surface area contributed by atoms with Crippen LogP contribution in [0.2, 0.25) is 5.02 Å². The van der Waals surface area contributed by atoms with E-state index >= 15 is 0 Å². The van der Waals surface area contributed by atoms with Crippen molar-refractivity contribution in [3.8, 4) is 23.3 Å². The Kier molecular flexibility index (Phi) is 6.75. The van der Waals surface area contributed by atoms with E-state index in [-0.39, 0.29) is 17.4 Å². The van der Waals surface area contributed by atoms with E-state index in [1.807, 2.05) is 38.1 Å². The lowest BCUT2D eigenvalue weighted by Crippen LogP contribution is -2.21. The first-order chi connectivity index (χ1) is 18.3. The number of furan rings is 1. The van der Waals surface area contributed by atoms with E-state index < -0.39 is 11.9 Å². The Morgan fingerprint density at radius 2 is 1.84 bits per heavy atom. The number of rotatable bonds is 6. The van der Waals surface area contributed by atoms with Gasteiger partial charge in [-0.3, -0.25) is 0 Å². The number of esters is 1. The second kappa shape index (κ2) is 10.2. The number of nitrogens with zero attached hydrogens (tertiary/aromatic N) is 1. The van der Waals surface area contributed by atoms with Gasteiger partial charge in [0.2, 0.25) is 11.6 Å². The quantitative estimate of drug-likeness (QED) is 0.213. The number of benzene rings is 3. The fraction of sp³-hybridized carbons (Fsp3) is 0.200. The Hall–Kier alpha value is -4.41. The average molecular weight is 529 g/mol.